The second kappa shape index (κ2) is 15.9. The minimum atomic E-state index is -2.55. The summed E-state index contributed by atoms with van der Waals surface area (Å²) in [6.07, 6.45) is -0.668. The highest BCUT2D eigenvalue weighted by Gasteiger charge is 2.32. The highest BCUT2D eigenvalue weighted by molar-refractivity contribution is 8.15. The number of nitrogens with zero attached hydrogens (tertiary/aromatic N) is 4. The smallest absolute Gasteiger partial charge is 0.347 e. The molecule has 1 aliphatic heterocycles. The van der Waals surface area contributed by atoms with Crippen LogP contribution >= 0.6 is 11.8 Å². The number of amidine groups is 2. The zero-order valence-electron chi connectivity index (χ0n) is 25.1. The summed E-state index contributed by atoms with van der Waals surface area (Å²) in [5.41, 5.74) is 11.2. The Kier molecular flexibility index (Phi) is 11.8. The highest BCUT2D eigenvalue weighted by atomic mass is 32.2. The van der Waals surface area contributed by atoms with Crippen LogP contribution in [0.15, 0.2) is 75.6 Å². The minimum Gasteiger partial charge on any atom is -0.488 e. The van der Waals surface area contributed by atoms with Gasteiger partial charge in [-0.15, -0.1) is 0 Å². The molecule has 0 aliphatic carbocycles. The summed E-state index contributed by atoms with van der Waals surface area (Å²) >= 11 is 1.20. The molecule has 13 heteroatoms. The van der Waals surface area contributed by atoms with Crippen molar-refractivity contribution in [3.63, 3.8) is 0 Å². The van der Waals surface area contributed by atoms with Crippen molar-refractivity contribution in [2.75, 3.05) is 29.2 Å². The first kappa shape index (κ1) is 33.3. The van der Waals surface area contributed by atoms with Gasteiger partial charge in [0.25, 0.3) is 6.43 Å². The molecule has 0 bridgehead atoms. The molecule has 0 unspecified atom stereocenters. The summed E-state index contributed by atoms with van der Waals surface area (Å²) in [6, 6.07) is 16.7. The lowest BCUT2D eigenvalue weighted by molar-refractivity contribution is -0.115. The van der Waals surface area contributed by atoms with Gasteiger partial charge in [0.15, 0.2) is 5.17 Å². The number of carbonyl (C=O) groups is 2. The van der Waals surface area contributed by atoms with Gasteiger partial charge in [0, 0.05) is 23.4 Å². The third-order valence-electron chi connectivity index (χ3n) is 6.55. The molecule has 0 atom stereocenters. The molecule has 3 N–H and O–H groups in total. The van der Waals surface area contributed by atoms with Gasteiger partial charge in [-0.25, -0.2) is 23.6 Å². The maximum atomic E-state index is 13.0. The number of nitrogens with one attached hydrogen (secondary N) is 1. The van der Waals surface area contributed by atoms with Crippen molar-refractivity contribution in [2.45, 2.75) is 40.2 Å². The number of ether oxygens (including phenoxy) is 2. The average Bonchev–Trinajstić information content (AvgIpc) is 3.38. The maximum Gasteiger partial charge on any atom is 0.347 e. The van der Waals surface area contributed by atoms with Crippen LogP contribution in [0.1, 0.15) is 36.1 Å². The fourth-order valence-corrected chi connectivity index (χ4v) is 5.17. The number of urea groups is 1. The Morgan fingerprint density at radius 1 is 1.11 bits per heavy atom. The van der Waals surface area contributed by atoms with Crippen LogP contribution in [-0.4, -0.2) is 54.7 Å². The monoisotopic (exact) mass is 636 g/mol. The van der Waals surface area contributed by atoms with Gasteiger partial charge < -0.3 is 20.5 Å². The Balaban J connectivity index is 1.46. The van der Waals surface area contributed by atoms with Crippen molar-refractivity contribution in [2.24, 2.45) is 20.7 Å². The first-order valence-electron chi connectivity index (χ1n) is 14.2. The molecule has 0 saturated carbocycles. The van der Waals surface area contributed by atoms with E-state index < -0.39 is 19.1 Å². The molecule has 3 aromatic rings. The van der Waals surface area contributed by atoms with Gasteiger partial charge in [0.2, 0.25) is 5.91 Å². The number of alkyl halides is 2. The molecule has 3 aromatic carbocycles. The molecule has 0 radical (unpaired) electrons. The summed E-state index contributed by atoms with van der Waals surface area (Å²) in [5, 5.41) is 3.12. The van der Waals surface area contributed by atoms with E-state index in [4.69, 9.17) is 15.2 Å². The van der Waals surface area contributed by atoms with Gasteiger partial charge >= 0.3 is 6.03 Å². The molecule has 1 fully saturated rings. The van der Waals surface area contributed by atoms with Gasteiger partial charge in [0.05, 0.1) is 23.7 Å². The predicted molar refractivity (Wildman–Crippen MR) is 176 cm³/mol. The highest BCUT2D eigenvalue weighted by Crippen LogP contribution is 2.31. The first-order chi connectivity index (χ1) is 21.7. The SMILES string of the molecule is CCOCc1ccc(C)cc1N1C(=O)CS/C1=N\C(=O)Nc1ccc(C(N)=NC=Nc2ccc(OCC(F)F)cc2)cc1CC. The molecule has 1 heterocycles. The van der Waals surface area contributed by atoms with Crippen LogP contribution in [0.25, 0.3) is 0 Å². The predicted octanol–water partition coefficient (Wildman–Crippen LogP) is 6.47. The lowest BCUT2D eigenvalue weighted by Crippen LogP contribution is -2.31. The summed E-state index contributed by atoms with van der Waals surface area (Å²) < 4.78 is 35.1. The molecule has 0 aromatic heterocycles. The second-order valence-electron chi connectivity index (χ2n) is 9.79. The molecular weight excluding hydrogens is 602 g/mol. The summed E-state index contributed by atoms with van der Waals surface area (Å²) in [6.45, 7) is 5.96. The molecule has 45 heavy (non-hydrogen) atoms. The summed E-state index contributed by atoms with van der Waals surface area (Å²) in [7, 11) is 0. The Morgan fingerprint density at radius 3 is 2.60 bits per heavy atom. The van der Waals surface area contributed by atoms with Crippen molar-refractivity contribution in [1.82, 2.24) is 0 Å². The van der Waals surface area contributed by atoms with Crippen LogP contribution in [0.4, 0.5) is 30.6 Å². The molecule has 236 valence electrons. The Hall–Kier alpha value is -4.62. The van der Waals surface area contributed by atoms with Gasteiger partial charge in [-0.05, 0) is 79.9 Å². The van der Waals surface area contributed by atoms with Gasteiger partial charge in [-0.2, -0.15) is 4.99 Å². The minimum absolute atomic E-state index is 0.164. The Bertz CT molecular complexity index is 1610. The number of hydrogen-bond acceptors (Lipinski definition) is 6. The van der Waals surface area contributed by atoms with Gasteiger partial charge in [-0.1, -0.05) is 30.8 Å². The summed E-state index contributed by atoms with van der Waals surface area (Å²) in [5.74, 6) is 0.531. The van der Waals surface area contributed by atoms with E-state index in [1.807, 2.05) is 45.0 Å². The lowest BCUT2D eigenvalue weighted by Gasteiger charge is -2.20. The molecule has 1 aliphatic rings. The number of carbonyl (C=O) groups excluding carboxylic acids is 2. The van der Waals surface area contributed by atoms with E-state index in [9.17, 15) is 18.4 Å². The molecule has 1 saturated heterocycles. The Labute approximate surface area is 264 Å². The zero-order valence-corrected chi connectivity index (χ0v) is 25.9. The second-order valence-corrected chi connectivity index (χ2v) is 10.7. The van der Waals surface area contributed by atoms with E-state index in [1.165, 1.54) is 35.1 Å². The topological polar surface area (TPSA) is 131 Å². The van der Waals surface area contributed by atoms with Crippen molar-refractivity contribution in [3.8, 4) is 5.75 Å². The number of aliphatic imine (C=N–C) groups is 3. The number of thioether (sulfide) groups is 1. The van der Waals surface area contributed by atoms with E-state index >= 15 is 0 Å². The molecule has 3 amide bonds. The number of amides is 3. The fraction of sp³-hybridized carbons (Fsp3) is 0.281. The lowest BCUT2D eigenvalue weighted by atomic mass is 10.1. The van der Waals surface area contributed by atoms with Crippen LogP contribution in [0.5, 0.6) is 5.75 Å². The van der Waals surface area contributed by atoms with Crippen molar-refractivity contribution < 1.29 is 27.8 Å². The molecule has 4 rings (SSSR count). The first-order valence-corrected chi connectivity index (χ1v) is 15.2. The normalized spacial score (nSPS) is 14.6. The Morgan fingerprint density at radius 2 is 1.89 bits per heavy atom. The van der Waals surface area contributed by atoms with E-state index in [0.717, 1.165) is 16.7 Å². The van der Waals surface area contributed by atoms with Crippen LogP contribution < -0.4 is 20.7 Å². The van der Waals surface area contributed by atoms with Gasteiger partial charge in [0.1, 0.15) is 24.5 Å². The maximum absolute atomic E-state index is 13.0. The third-order valence-corrected chi connectivity index (χ3v) is 7.47. The van der Waals surface area contributed by atoms with E-state index in [-0.39, 0.29) is 17.5 Å². The largest absolute Gasteiger partial charge is 0.488 e. The number of anilines is 2. The van der Waals surface area contributed by atoms with Gasteiger partial charge in [-0.3, -0.25) is 9.69 Å². The van der Waals surface area contributed by atoms with Crippen LogP contribution in [0.2, 0.25) is 0 Å². The number of nitrogens with two attached hydrogens (primary N) is 1. The van der Waals surface area contributed by atoms with E-state index in [2.05, 4.69) is 20.3 Å². The van der Waals surface area contributed by atoms with Crippen LogP contribution in [0.3, 0.4) is 0 Å². The standard InChI is InChI=1S/C32H34F2N6O4S/c1-4-21-15-22(30(35)37-19-36-24-9-11-25(12-10-24)44-17-28(33)34)8-13-26(21)38-31(42)39-32-40(29(41)18-45-32)27-14-20(3)6-7-23(27)16-43-5-2/h6-15,19,28H,4-5,16-18H2,1-3H3,(H,38,42)(H2,35,36,37)/b39-32-. The van der Waals surface area contributed by atoms with E-state index in [1.54, 1.807) is 24.3 Å². The van der Waals surface area contributed by atoms with Crippen molar-refractivity contribution >= 4 is 58.1 Å². The number of aryl methyl sites for hydroxylation is 2. The fourth-order valence-electron chi connectivity index (χ4n) is 4.32. The van der Waals surface area contributed by atoms with Crippen molar-refractivity contribution in [3.05, 3.63) is 82.9 Å². The average molecular weight is 637 g/mol. The molecule has 0 spiro atoms. The quantitative estimate of drug-likeness (QED) is 0.173. The number of benzene rings is 3. The summed E-state index contributed by atoms with van der Waals surface area (Å²) in [4.78, 5) is 40.0. The van der Waals surface area contributed by atoms with Crippen LogP contribution in [-0.2, 0) is 22.6 Å². The number of hydrogen-bond donors (Lipinski definition) is 2. The van der Waals surface area contributed by atoms with Crippen LogP contribution in [0, 0.1) is 6.92 Å². The van der Waals surface area contributed by atoms with Crippen molar-refractivity contribution in [1.29, 1.82) is 0 Å². The zero-order chi connectivity index (χ0) is 32.3. The number of rotatable bonds is 12. The molecular formula is C32H34F2N6O4S. The third kappa shape index (κ3) is 9.19. The number of halogens is 2. The van der Waals surface area contributed by atoms with E-state index in [0.29, 0.717) is 53.2 Å². The molecule has 10 nitrogen and oxygen atoms in total.